The van der Waals surface area contributed by atoms with E-state index in [9.17, 15) is 19.0 Å². The monoisotopic (exact) mass is 740 g/mol. The van der Waals surface area contributed by atoms with Crippen molar-refractivity contribution in [1.82, 2.24) is 0 Å². The Labute approximate surface area is 312 Å². The maximum Gasteiger partial charge on any atom is 0.306 e. The van der Waals surface area contributed by atoms with Crippen molar-refractivity contribution >= 4 is 19.8 Å². The Morgan fingerprint density at radius 1 is 0.627 bits per heavy atom. The fourth-order valence-electron chi connectivity index (χ4n) is 4.96. The van der Waals surface area contributed by atoms with Gasteiger partial charge in [-0.3, -0.25) is 14.2 Å². The largest absolute Gasteiger partial charge is 0.756 e. The molecule has 10 heteroatoms. The third kappa shape index (κ3) is 37.5. The lowest BCUT2D eigenvalue weighted by molar-refractivity contribution is -0.870. The van der Waals surface area contributed by atoms with Gasteiger partial charge >= 0.3 is 11.9 Å². The molecule has 0 radical (unpaired) electrons. The Kier molecular flexibility index (Phi) is 32.4. The minimum absolute atomic E-state index is 0.0374. The van der Waals surface area contributed by atoms with Crippen LogP contribution in [0.4, 0.5) is 0 Å². The van der Waals surface area contributed by atoms with Crippen LogP contribution in [0.5, 0.6) is 0 Å². The zero-order valence-electron chi connectivity index (χ0n) is 33.0. The molecule has 9 nitrogen and oxygen atoms in total. The number of ether oxygens (including phenoxy) is 2. The van der Waals surface area contributed by atoms with E-state index in [1.807, 2.05) is 21.1 Å². The summed E-state index contributed by atoms with van der Waals surface area (Å²) in [7, 11) is 1.14. The van der Waals surface area contributed by atoms with Crippen LogP contribution in [-0.2, 0) is 32.7 Å². The van der Waals surface area contributed by atoms with E-state index in [1.165, 1.54) is 25.7 Å². The maximum atomic E-state index is 12.6. The highest BCUT2D eigenvalue weighted by atomic mass is 31.2. The van der Waals surface area contributed by atoms with Crippen molar-refractivity contribution in [3.63, 3.8) is 0 Å². The minimum atomic E-state index is -4.63. The number of carbonyl (C=O) groups is 2. The van der Waals surface area contributed by atoms with Crippen molar-refractivity contribution in [3.8, 4) is 0 Å². The van der Waals surface area contributed by atoms with Crippen LogP contribution < -0.4 is 4.89 Å². The number of rotatable bonds is 35. The summed E-state index contributed by atoms with van der Waals surface area (Å²) in [6.07, 6.45) is 37.1. The Bertz CT molecular complexity index is 1020. The van der Waals surface area contributed by atoms with Gasteiger partial charge in [0.05, 0.1) is 27.7 Å². The summed E-state index contributed by atoms with van der Waals surface area (Å²) in [5.74, 6) is -0.870. The third-order valence-electron chi connectivity index (χ3n) is 8.08. The normalized spacial score (nSPS) is 14.2. The molecule has 296 valence electrons. The average molecular weight is 740 g/mol. The molecule has 0 fully saturated rings. The molecule has 0 aliphatic carbocycles. The van der Waals surface area contributed by atoms with Crippen molar-refractivity contribution in [1.29, 1.82) is 0 Å². The zero-order chi connectivity index (χ0) is 37.9. The molecule has 0 spiro atoms. The van der Waals surface area contributed by atoms with Crippen LogP contribution in [0, 0.1) is 0 Å². The molecule has 0 bridgehead atoms. The predicted octanol–water partition coefficient (Wildman–Crippen LogP) is 10.1. The van der Waals surface area contributed by atoms with Crippen LogP contribution in [0.2, 0.25) is 0 Å². The molecule has 0 aromatic carbocycles. The number of allylic oxidation sites excluding steroid dienone is 8. The Morgan fingerprint density at radius 2 is 1.12 bits per heavy atom. The summed E-state index contributed by atoms with van der Waals surface area (Å²) in [6, 6.07) is 0. The van der Waals surface area contributed by atoms with E-state index in [-0.39, 0.29) is 26.1 Å². The number of phosphoric acid groups is 1. The van der Waals surface area contributed by atoms with Crippen molar-refractivity contribution in [3.05, 3.63) is 48.6 Å². The van der Waals surface area contributed by atoms with Crippen molar-refractivity contribution in [2.45, 2.75) is 155 Å². The number of quaternary nitrogens is 1. The number of unbranched alkanes of at least 4 members (excludes halogenated alkanes) is 13. The first kappa shape index (κ1) is 49.0. The second-order valence-corrected chi connectivity index (χ2v) is 15.7. The Balaban J connectivity index is 4.47. The van der Waals surface area contributed by atoms with Gasteiger partial charge in [-0.15, -0.1) is 0 Å². The van der Waals surface area contributed by atoms with E-state index < -0.39 is 32.5 Å². The van der Waals surface area contributed by atoms with Crippen molar-refractivity contribution < 1.29 is 42.1 Å². The SMILES string of the molecule is CC/C=C\C/C=C\C/C=C\CCCCCCCC(=O)OC(COC(=O)CCCCCCC/C=C\CCCCC)COP(=O)([O-])OCC[N+](C)(C)C. The van der Waals surface area contributed by atoms with Gasteiger partial charge in [-0.1, -0.05) is 114 Å². The average Bonchev–Trinajstić information content (AvgIpc) is 3.07. The number of esters is 2. The topological polar surface area (TPSA) is 111 Å². The van der Waals surface area contributed by atoms with E-state index in [2.05, 4.69) is 62.5 Å². The number of carbonyl (C=O) groups excluding carboxylic acids is 2. The van der Waals surface area contributed by atoms with Crippen LogP contribution >= 0.6 is 7.82 Å². The first-order valence-corrected chi connectivity index (χ1v) is 21.3. The molecule has 2 atom stereocenters. The van der Waals surface area contributed by atoms with E-state index in [4.69, 9.17) is 18.5 Å². The third-order valence-corrected chi connectivity index (χ3v) is 9.05. The highest BCUT2D eigenvalue weighted by Crippen LogP contribution is 2.38. The van der Waals surface area contributed by atoms with E-state index in [1.54, 1.807) is 0 Å². The summed E-state index contributed by atoms with van der Waals surface area (Å²) in [4.78, 5) is 37.4. The number of likely N-dealkylation sites (N-methyl/N-ethyl adjacent to an activating group) is 1. The second kappa shape index (κ2) is 33.8. The van der Waals surface area contributed by atoms with Crippen LogP contribution in [0.25, 0.3) is 0 Å². The van der Waals surface area contributed by atoms with Gasteiger partial charge in [0.15, 0.2) is 6.10 Å². The summed E-state index contributed by atoms with van der Waals surface area (Å²) in [6.45, 7) is 4.03. The molecule has 0 aromatic rings. The Morgan fingerprint density at radius 3 is 1.69 bits per heavy atom. The quantitative estimate of drug-likeness (QED) is 0.0208. The maximum absolute atomic E-state index is 12.6. The lowest BCUT2D eigenvalue weighted by Gasteiger charge is -2.28. The molecule has 0 aromatic heterocycles. The number of hydrogen-bond donors (Lipinski definition) is 0. The van der Waals surface area contributed by atoms with Gasteiger partial charge in [0.1, 0.15) is 19.8 Å². The zero-order valence-corrected chi connectivity index (χ0v) is 33.9. The molecule has 0 amide bonds. The van der Waals surface area contributed by atoms with Crippen LogP contribution in [0.15, 0.2) is 48.6 Å². The van der Waals surface area contributed by atoms with Crippen molar-refractivity contribution in [2.24, 2.45) is 0 Å². The predicted molar refractivity (Wildman–Crippen MR) is 208 cm³/mol. The lowest BCUT2D eigenvalue weighted by Crippen LogP contribution is -2.37. The summed E-state index contributed by atoms with van der Waals surface area (Å²) < 4.78 is 33.7. The molecule has 2 unspecified atom stereocenters. The van der Waals surface area contributed by atoms with Gasteiger partial charge < -0.3 is 27.9 Å². The van der Waals surface area contributed by atoms with Gasteiger partial charge in [-0.25, -0.2) is 0 Å². The van der Waals surface area contributed by atoms with E-state index in [0.29, 0.717) is 23.9 Å². The molecule has 0 N–H and O–H groups in total. The molecule has 0 rings (SSSR count). The molecule has 0 heterocycles. The second-order valence-electron chi connectivity index (χ2n) is 14.3. The van der Waals surface area contributed by atoms with Crippen LogP contribution in [0.3, 0.4) is 0 Å². The standard InChI is InChI=1S/C41H74NO8P/c1-6-8-10-12-14-16-18-20-21-22-24-26-28-30-32-34-41(44)50-39(38-49-51(45,46)48-36-35-42(3,4)5)37-47-40(43)33-31-29-27-25-23-19-17-15-13-11-9-7-2/h8,10,14-17,20-21,39H,6-7,9,11-13,18-19,22-38H2,1-5H3/b10-8-,16-14-,17-15-,21-20-. The smallest absolute Gasteiger partial charge is 0.306 e. The molecular weight excluding hydrogens is 665 g/mol. The first-order chi connectivity index (χ1) is 24.5. The van der Waals surface area contributed by atoms with Gasteiger partial charge in [-0.05, 0) is 70.6 Å². The number of nitrogens with zero attached hydrogens (tertiary/aromatic N) is 1. The fourth-order valence-corrected chi connectivity index (χ4v) is 5.68. The molecular formula is C41H74NO8P. The van der Waals surface area contributed by atoms with Gasteiger partial charge in [0, 0.05) is 12.8 Å². The molecule has 51 heavy (non-hydrogen) atoms. The first-order valence-electron chi connectivity index (χ1n) is 19.8. The lowest BCUT2D eigenvalue weighted by atomic mass is 10.1. The summed E-state index contributed by atoms with van der Waals surface area (Å²) in [5.41, 5.74) is 0. The molecule has 0 aliphatic rings. The van der Waals surface area contributed by atoms with E-state index in [0.717, 1.165) is 83.5 Å². The highest BCUT2D eigenvalue weighted by molar-refractivity contribution is 7.45. The number of hydrogen-bond acceptors (Lipinski definition) is 8. The Hall–Kier alpha value is -2.03. The summed E-state index contributed by atoms with van der Waals surface area (Å²) >= 11 is 0. The number of phosphoric ester groups is 1. The van der Waals surface area contributed by atoms with Crippen LogP contribution in [0.1, 0.15) is 149 Å². The van der Waals surface area contributed by atoms with E-state index >= 15 is 0 Å². The fraction of sp³-hybridized carbons (Fsp3) is 0.756. The van der Waals surface area contributed by atoms with Crippen molar-refractivity contribution in [2.75, 3.05) is 47.5 Å². The minimum Gasteiger partial charge on any atom is -0.756 e. The molecule has 0 saturated carbocycles. The van der Waals surface area contributed by atoms with Gasteiger partial charge in [0.2, 0.25) is 0 Å². The van der Waals surface area contributed by atoms with Crippen LogP contribution in [-0.4, -0.2) is 70.0 Å². The van der Waals surface area contributed by atoms with Gasteiger partial charge in [-0.2, -0.15) is 0 Å². The molecule has 0 aliphatic heterocycles. The molecule has 0 saturated heterocycles. The summed E-state index contributed by atoms with van der Waals surface area (Å²) in [5, 5.41) is 0. The highest BCUT2D eigenvalue weighted by Gasteiger charge is 2.21. The van der Waals surface area contributed by atoms with Gasteiger partial charge in [0.25, 0.3) is 7.82 Å².